The van der Waals surface area contributed by atoms with E-state index in [0.717, 1.165) is 33.9 Å². The van der Waals surface area contributed by atoms with Crippen molar-refractivity contribution < 1.29 is 9.53 Å². The molecule has 4 aromatic rings. The average Bonchev–Trinajstić information content (AvgIpc) is 3.33. The van der Waals surface area contributed by atoms with Gasteiger partial charge in [-0.25, -0.2) is 4.98 Å². The molecule has 0 aliphatic heterocycles. The summed E-state index contributed by atoms with van der Waals surface area (Å²) in [5.74, 6) is 0.550. The Kier molecular flexibility index (Phi) is 5.04. The van der Waals surface area contributed by atoms with Gasteiger partial charge in [-0.15, -0.1) is 22.7 Å². The number of amides is 1. The van der Waals surface area contributed by atoms with Crippen LogP contribution in [-0.4, -0.2) is 17.5 Å². The zero-order chi connectivity index (χ0) is 19.6. The summed E-state index contributed by atoms with van der Waals surface area (Å²) in [5.41, 5.74) is 3.48. The average molecular weight is 421 g/mol. The monoisotopic (exact) mass is 420 g/mol. The maximum absolute atomic E-state index is 12.6. The van der Waals surface area contributed by atoms with E-state index in [9.17, 15) is 4.79 Å². The minimum Gasteiger partial charge on any atom is -0.484 e. The second kappa shape index (κ2) is 7.97. The fraction of sp³-hybridized carbons (Fsp3) is 0.217. The summed E-state index contributed by atoms with van der Waals surface area (Å²) >= 11 is 3.39. The van der Waals surface area contributed by atoms with Gasteiger partial charge in [0.15, 0.2) is 6.61 Å². The molecule has 4 nitrogen and oxygen atoms in total. The number of para-hydroxylation sites is 2. The highest BCUT2D eigenvalue weighted by molar-refractivity contribution is 7.22. The molecule has 0 saturated heterocycles. The van der Waals surface area contributed by atoms with Crippen LogP contribution in [0.3, 0.4) is 0 Å². The van der Waals surface area contributed by atoms with E-state index in [1.165, 1.54) is 28.0 Å². The number of fused-ring (bicyclic) bond motifs is 2. The Hall–Kier alpha value is -2.70. The summed E-state index contributed by atoms with van der Waals surface area (Å²) in [6.07, 6.45) is 4.52. The van der Waals surface area contributed by atoms with Crippen molar-refractivity contribution in [1.82, 2.24) is 4.98 Å². The lowest BCUT2D eigenvalue weighted by Gasteiger charge is -2.12. The van der Waals surface area contributed by atoms with E-state index in [1.54, 1.807) is 22.7 Å². The normalized spacial score (nSPS) is 13.2. The molecule has 0 bridgehead atoms. The molecule has 0 radical (unpaired) electrons. The first kappa shape index (κ1) is 18.3. The van der Waals surface area contributed by atoms with Gasteiger partial charge in [0.2, 0.25) is 0 Å². The van der Waals surface area contributed by atoms with E-state index >= 15 is 0 Å². The Morgan fingerprint density at radius 1 is 1.00 bits per heavy atom. The van der Waals surface area contributed by atoms with Crippen LogP contribution < -0.4 is 10.1 Å². The first-order valence-corrected chi connectivity index (χ1v) is 11.4. The Morgan fingerprint density at radius 2 is 1.79 bits per heavy atom. The van der Waals surface area contributed by atoms with Gasteiger partial charge in [0.05, 0.1) is 10.2 Å². The van der Waals surface area contributed by atoms with Gasteiger partial charge in [0.25, 0.3) is 5.91 Å². The molecule has 0 unspecified atom stereocenters. The van der Waals surface area contributed by atoms with E-state index < -0.39 is 0 Å². The number of carbonyl (C=O) groups excluding carboxylic acids is 1. The Morgan fingerprint density at radius 3 is 2.66 bits per heavy atom. The zero-order valence-electron chi connectivity index (χ0n) is 15.8. The summed E-state index contributed by atoms with van der Waals surface area (Å²) in [7, 11) is 0. The molecular formula is C23H20N2O2S2. The van der Waals surface area contributed by atoms with E-state index in [4.69, 9.17) is 9.72 Å². The fourth-order valence-electron chi connectivity index (χ4n) is 3.69. The molecule has 2 aromatic heterocycles. The van der Waals surface area contributed by atoms with Crippen molar-refractivity contribution in [2.45, 2.75) is 25.7 Å². The molecule has 1 aliphatic rings. The van der Waals surface area contributed by atoms with Gasteiger partial charge in [-0.05, 0) is 55.5 Å². The lowest BCUT2D eigenvalue weighted by molar-refractivity contribution is -0.118. The van der Waals surface area contributed by atoms with Gasteiger partial charge in [0.1, 0.15) is 15.8 Å². The predicted molar refractivity (Wildman–Crippen MR) is 120 cm³/mol. The van der Waals surface area contributed by atoms with Crippen LogP contribution in [0.2, 0.25) is 0 Å². The maximum atomic E-state index is 12.6. The third kappa shape index (κ3) is 3.78. The summed E-state index contributed by atoms with van der Waals surface area (Å²) in [4.78, 5) is 18.9. The van der Waals surface area contributed by atoms with Gasteiger partial charge in [-0.1, -0.05) is 30.3 Å². The number of rotatable bonds is 5. The van der Waals surface area contributed by atoms with Crippen LogP contribution in [0.5, 0.6) is 5.75 Å². The van der Waals surface area contributed by atoms with Crippen LogP contribution in [0.4, 0.5) is 5.00 Å². The predicted octanol–water partition coefficient (Wildman–Crippen LogP) is 5.92. The molecular weight excluding hydrogens is 400 g/mol. The number of aryl methyl sites for hydroxylation is 1. The number of anilines is 1. The molecule has 6 heteroatoms. The third-order valence-electron chi connectivity index (χ3n) is 5.05. The minimum absolute atomic E-state index is 0.00807. The highest BCUT2D eigenvalue weighted by Gasteiger charge is 2.25. The number of aromatic nitrogens is 1. The number of hydrogen-bond acceptors (Lipinski definition) is 5. The Bertz CT molecular complexity index is 1130. The van der Waals surface area contributed by atoms with Gasteiger partial charge in [-0.3, -0.25) is 4.79 Å². The first-order valence-electron chi connectivity index (χ1n) is 9.76. The van der Waals surface area contributed by atoms with Crippen molar-refractivity contribution in [2.75, 3.05) is 11.9 Å². The summed E-state index contributed by atoms with van der Waals surface area (Å²) in [6.45, 7) is -0.00807. The van der Waals surface area contributed by atoms with E-state index in [2.05, 4.69) is 11.4 Å². The van der Waals surface area contributed by atoms with Gasteiger partial charge >= 0.3 is 0 Å². The molecule has 0 fully saturated rings. The van der Waals surface area contributed by atoms with Crippen LogP contribution in [0.1, 0.15) is 23.3 Å². The van der Waals surface area contributed by atoms with E-state index in [0.29, 0.717) is 5.75 Å². The SMILES string of the molecule is O=C(COc1ccccc1)Nc1sc2c(c1-c1nc3ccccc3s1)CCCC2. The third-order valence-corrected chi connectivity index (χ3v) is 7.31. The Balaban J connectivity index is 1.44. The van der Waals surface area contributed by atoms with Crippen molar-refractivity contribution in [3.05, 3.63) is 65.0 Å². The molecule has 2 aromatic carbocycles. The number of ether oxygens (including phenoxy) is 1. The largest absolute Gasteiger partial charge is 0.484 e. The molecule has 1 N–H and O–H groups in total. The van der Waals surface area contributed by atoms with Crippen LogP contribution in [0.15, 0.2) is 54.6 Å². The standard InChI is InChI=1S/C23H20N2O2S2/c26-20(14-27-15-8-2-1-3-9-15)25-23-21(16-10-4-6-12-18(16)28-23)22-24-17-11-5-7-13-19(17)29-22/h1-3,5,7-9,11,13H,4,6,10,12,14H2,(H,25,26). The molecule has 0 spiro atoms. The van der Waals surface area contributed by atoms with E-state index in [-0.39, 0.29) is 12.5 Å². The zero-order valence-corrected chi connectivity index (χ0v) is 17.4. The van der Waals surface area contributed by atoms with Crippen molar-refractivity contribution in [3.63, 3.8) is 0 Å². The number of thiophene rings is 1. The van der Waals surface area contributed by atoms with E-state index in [1.807, 2.05) is 48.5 Å². The quantitative estimate of drug-likeness (QED) is 0.436. The van der Waals surface area contributed by atoms with Gasteiger partial charge < -0.3 is 10.1 Å². The molecule has 0 atom stereocenters. The lowest BCUT2D eigenvalue weighted by atomic mass is 9.96. The number of carbonyl (C=O) groups is 1. The summed E-state index contributed by atoms with van der Waals surface area (Å²) < 4.78 is 6.78. The Labute approximate surface area is 177 Å². The molecule has 2 heterocycles. The molecule has 0 saturated carbocycles. The van der Waals surface area contributed by atoms with Crippen molar-refractivity contribution >= 4 is 43.8 Å². The highest BCUT2D eigenvalue weighted by atomic mass is 32.1. The van der Waals surface area contributed by atoms with Gasteiger partial charge in [-0.2, -0.15) is 0 Å². The molecule has 5 rings (SSSR count). The minimum atomic E-state index is -0.144. The molecule has 1 aliphatic carbocycles. The topological polar surface area (TPSA) is 51.2 Å². The van der Waals surface area contributed by atoms with Gasteiger partial charge in [0, 0.05) is 10.4 Å². The highest BCUT2D eigenvalue weighted by Crippen LogP contribution is 2.46. The van der Waals surface area contributed by atoms with Crippen LogP contribution in [0, 0.1) is 0 Å². The van der Waals surface area contributed by atoms with Crippen LogP contribution in [0.25, 0.3) is 20.8 Å². The maximum Gasteiger partial charge on any atom is 0.262 e. The summed E-state index contributed by atoms with van der Waals surface area (Å²) in [6, 6.07) is 17.6. The first-order chi connectivity index (χ1) is 14.3. The van der Waals surface area contributed by atoms with Crippen molar-refractivity contribution in [1.29, 1.82) is 0 Å². The molecule has 1 amide bonds. The smallest absolute Gasteiger partial charge is 0.262 e. The second-order valence-corrected chi connectivity index (χ2v) is 9.19. The number of nitrogens with one attached hydrogen (secondary N) is 1. The van der Waals surface area contributed by atoms with Crippen LogP contribution in [-0.2, 0) is 17.6 Å². The van der Waals surface area contributed by atoms with Crippen LogP contribution >= 0.6 is 22.7 Å². The van der Waals surface area contributed by atoms with Crippen molar-refractivity contribution in [2.24, 2.45) is 0 Å². The van der Waals surface area contributed by atoms with Crippen molar-refractivity contribution in [3.8, 4) is 16.3 Å². The lowest BCUT2D eigenvalue weighted by Crippen LogP contribution is -2.19. The second-order valence-electron chi connectivity index (χ2n) is 7.05. The number of nitrogens with zero attached hydrogens (tertiary/aromatic N) is 1. The molecule has 146 valence electrons. The number of thiazole rings is 1. The fourth-order valence-corrected chi connectivity index (χ4v) is 6.10. The summed E-state index contributed by atoms with van der Waals surface area (Å²) in [5, 5.41) is 4.99. The number of hydrogen-bond donors (Lipinski definition) is 1. The molecule has 29 heavy (non-hydrogen) atoms. The number of benzene rings is 2.